The molecule has 1 saturated heterocycles. The lowest BCUT2D eigenvalue weighted by molar-refractivity contribution is -0.126. The van der Waals surface area contributed by atoms with Gasteiger partial charge in [0, 0.05) is 37.9 Å². The Morgan fingerprint density at radius 1 is 0.947 bits per heavy atom. The molecular weight excluding hydrogens is 482 g/mol. The number of anilines is 2. The maximum absolute atomic E-state index is 13.2. The monoisotopic (exact) mass is 513 g/mol. The smallest absolute Gasteiger partial charge is 0.259 e. The van der Waals surface area contributed by atoms with Crippen LogP contribution in [-0.4, -0.2) is 65.2 Å². The number of likely N-dealkylation sites (tertiary alicyclic amines) is 1. The first-order valence-electron chi connectivity index (χ1n) is 13.1. The SMILES string of the molecule is Cc1ncc(NC(=O)C2CN(C3CCCCC3)C2)cc1NC(=O)c1cnn2cc(-c3cnn(C)c3)ncc12. The van der Waals surface area contributed by atoms with Crippen LogP contribution in [0, 0.1) is 12.8 Å². The number of nitrogens with zero attached hydrogens (tertiary/aromatic N) is 7. The number of pyridine rings is 1. The fourth-order valence-electron chi connectivity index (χ4n) is 5.35. The summed E-state index contributed by atoms with van der Waals surface area (Å²) in [7, 11) is 1.84. The molecule has 196 valence electrons. The van der Waals surface area contributed by atoms with E-state index in [4.69, 9.17) is 0 Å². The Bertz CT molecular complexity index is 1500. The summed E-state index contributed by atoms with van der Waals surface area (Å²) >= 11 is 0. The summed E-state index contributed by atoms with van der Waals surface area (Å²) in [6.07, 6.45) is 16.5. The number of carbonyl (C=O) groups excluding carboxylic acids is 2. The Hall–Kier alpha value is -4.12. The van der Waals surface area contributed by atoms with Gasteiger partial charge >= 0.3 is 0 Å². The molecule has 2 fully saturated rings. The van der Waals surface area contributed by atoms with Crippen molar-refractivity contribution < 1.29 is 9.59 Å². The van der Waals surface area contributed by atoms with Crippen molar-refractivity contribution in [1.82, 2.24) is 34.3 Å². The Morgan fingerprint density at radius 2 is 1.76 bits per heavy atom. The van der Waals surface area contributed by atoms with Crippen molar-refractivity contribution in [3.8, 4) is 11.3 Å². The molecule has 0 spiro atoms. The third-order valence-electron chi connectivity index (χ3n) is 7.62. The maximum atomic E-state index is 13.2. The molecule has 38 heavy (non-hydrogen) atoms. The molecule has 5 heterocycles. The topological polar surface area (TPSA) is 122 Å². The number of amides is 2. The summed E-state index contributed by atoms with van der Waals surface area (Å²) in [6, 6.07) is 2.38. The van der Waals surface area contributed by atoms with Crippen LogP contribution in [0.4, 0.5) is 11.4 Å². The van der Waals surface area contributed by atoms with Crippen LogP contribution in [-0.2, 0) is 11.8 Å². The Morgan fingerprint density at radius 3 is 2.53 bits per heavy atom. The van der Waals surface area contributed by atoms with E-state index in [1.807, 2.05) is 20.2 Å². The van der Waals surface area contributed by atoms with Gasteiger partial charge in [-0.1, -0.05) is 19.3 Å². The van der Waals surface area contributed by atoms with E-state index in [-0.39, 0.29) is 17.7 Å². The van der Waals surface area contributed by atoms with Crippen LogP contribution in [0.15, 0.2) is 43.2 Å². The molecule has 2 N–H and O–H groups in total. The molecule has 6 rings (SSSR count). The van der Waals surface area contributed by atoms with Crippen LogP contribution in [0.3, 0.4) is 0 Å². The summed E-state index contributed by atoms with van der Waals surface area (Å²) in [4.78, 5) is 37.3. The third kappa shape index (κ3) is 4.76. The predicted octanol–water partition coefficient (Wildman–Crippen LogP) is 3.29. The van der Waals surface area contributed by atoms with Crippen molar-refractivity contribution in [1.29, 1.82) is 0 Å². The molecule has 1 aliphatic carbocycles. The van der Waals surface area contributed by atoms with Crippen LogP contribution >= 0.6 is 0 Å². The largest absolute Gasteiger partial charge is 0.324 e. The minimum atomic E-state index is -0.327. The van der Waals surface area contributed by atoms with Crippen LogP contribution in [0.1, 0.15) is 48.2 Å². The summed E-state index contributed by atoms with van der Waals surface area (Å²) in [5.74, 6) is -0.344. The minimum absolute atomic E-state index is 0.00175. The summed E-state index contributed by atoms with van der Waals surface area (Å²) in [5.41, 5.74) is 4.28. The second-order valence-corrected chi connectivity index (χ2v) is 10.3. The van der Waals surface area contributed by atoms with Gasteiger partial charge < -0.3 is 10.6 Å². The molecule has 4 aromatic rings. The average molecular weight is 514 g/mol. The normalized spacial score (nSPS) is 16.9. The molecule has 0 bridgehead atoms. The Labute approximate surface area is 220 Å². The summed E-state index contributed by atoms with van der Waals surface area (Å²) in [5, 5.41) is 14.4. The molecule has 0 unspecified atom stereocenters. The van der Waals surface area contributed by atoms with E-state index in [2.05, 4.69) is 35.7 Å². The molecule has 1 aliphatic heterocycles. The number of fused-ring (bicyclic) bond motifs is 1. The number of aryl methyl sites for hydroxylation is 2. The zero-order valence-corrected chi connectivity index (χ0v) is 21.6. The van der Waals surface area contributed by atoms with Gasteiger partial charge in [0.15, 0.2) is 0 Å². The lowest BCUT2D eigenvalue weighted by Crippen LogP contribution is -2.56. The number of hydrogen-bond donors (Lipinski definition) is 2. The average Bonchev–Trinajstić information content (AvgIpc) is 3.51. The highest BCUT2D eigenvalue weighted by Crippen LogP contribution is 2.29. The standard InChI is InChI=1S/C27H31N9O2/c1-17-23(8-20(10-28-17)32-26(37)19-14-35(15-19)21-6-4-3-5-7-21)33-27(38)22-11-31-36-16-24(29-12-25(22)36)18-9-30-34(2)13-18/h8-13,16,19,21H,3-7,14-15H2,1-2H3,(H,32,37)(H,33,38). The van der Waals surface area contributed by atoms with Gasteiger partial charge in [0.25, 0.3) is 5.91 Å². The van der Waals surface area contributed by atoms with Crippen molar-refractivity contribution in [2.75, 3.05) is 23.7 Å². The molecule has 4 aromatic heterocycles. The van der Waals surface area contributed by atoms with Crippen LogP contribution < -0.4 is 10.6 Å². The van der Waals surface area contributed by atoms with Gasteiger partial charge in [-0.05, 0) is 25.8 Å². The van der Waals surface area contributed by atoms with Crippen LogP contribution in [0.25, 0.3) is 16.8 Å². The molecule has 11 heteroatoms. The van der Waals surface area contributed by atoms with Crippen molar-refractivity contribution >= 4 is 28.7 Å². The highest BCUT2D eigenvalue weighted by atomic mass is 16.2. The van der Waals surface area contributed by atoms with E-state index in [0.29, 0.717) is 39.9 Å². The van der Waals surface area contributed by atoms with Crippen LogP contribution in [0.5, 0.6) is 0 Å². The van der Waals surface area contributed by atoms with Crippen molar-refractivity contribution in [3.05, 3.63) is 54.5 Å². The first-order chi connectivity index (χ1) is 18.4. The van der Waals surface area contributed by atoms with Gasteiger partial charge in [-0.25, -0.2) is 4.52 Å². The number of aromatic nitrogens is 6. The zero-order valence-electron chi connectivity index (χ0n) is 21.6. The number of rotatable bonds is 6. The van der Waals surface area contributed by atoms with Gasteiger partial charge in [-0.3, -0.25) is 29.1 Å². The molecule has 2 aliphatic rings. The molecule has 1 saturated carbocycles. The molecule has 2 amide bonds. The first kappa shape index (κ1) is 24.2. The van der Waals surface area contributed by atoms with Crippen LogP contribution in [0.2, 0.25) is 0 Å². The fraction of sp³-hybridized carbons (Fsp3) is 0.407. The quantitative estimate of drug-likeness (QED) is 0.406. The first-order valence-corrected chi connectivity index (χ1v) is 13.1. The maximum Gasteiger partial charge on any atom is 0.259 e. The molecule has 11 nitrogen and oxygen atoms in total. The van der Waals surface area contributed by atoms with Gasteiger partial charge in [0.1, 0.15) is 0 Å². The molecule has 0 radical (unpaired) electrons. The molecule has 0 aromatic carbocycles. The summed E-state index contributed by atoms with van der Waals surface area (Å²) < 4.78 is 3.33. The van der Waals surface area contributed by atoms with Gasteiger partial charge in [-0.2, -0.15) is 10.2 Å². The highest BCUT2D eigenvalue weighted by Gasteiger charge is 2.37. The van der Waals surface area contributed by atoms with E-state index in [1.165, 1.54) is 38.3 Å². The lowest BCUT2D eigenvalue weighted by Gasteiger charge is -2.44. The van der Waals surface area contributed by atoms with Crippen molar-refractivity contribution in [2.24, 2.45) is 13.0 Å². The van der Waals surface area contributed by atoms with E-state index >= 15 is 0 Å². The predicted molar refractivity (Wildman–Crippen MR) is 143 cm³/mol. The Kier molecular flexibility index (Phi) is 6.36. The highest BCUT2D eigenvalue weighted by molar-refractivity contribution is 6.09. The zero-order chi connectivity index (χ0) is 26.2. The second-order valence-electron chi connectivity index (χ2n) is 10.3. The molecule has 0 atom stereocenters. The van der Waals surface area contributed by atoms with Gasteiger partial charge in [-0.15, -0.1) is 0 Å². The van der Waals surface area contributed by atoms with E-state index in [1.54, 1.807) is 40.1 Å². The number of hydrogen-bond acceptors (Lipinski definition) is 7. The van der Waals surface area contributed by atoms with Crippen molar-refractivity contribution in [2.45, 2.75) is 45.1 Å². The van der Waals surface area contributed by atoms with Gasteiger partial charge in [0.05, 0.1) is 70.7 Å². The second kappa shape index (κ2) is 9.97. The van der Waals surface area contributed by atoms with E-state index in [0.717, 1.165) is 18.7 Å². The summed E-state index contributed by atoms with van der Waals surface area (Å²) in [6.45, 7) is 3.43. The van der Waals surface area contributed by atoms with E-state index in [9.17, 15) is 9.59 Å². The lowest BCUT2D eigenvalue weighted by atomic mass is 9.88. The Balaban J connectivity index is 1.11. The van der Waals surface area contributed by atoms with E-state index < -0.39 is 0 Å². The van der Waals surface area contributed by atoms with Gasteiger partial charge in [0.2, 0.25) is 5.91 Å². The number of carbonyl (C=O) groups is 2. The number of nitrogens with one attached hydrogen (secondary N) is 2. The fourth-order valence-corrected chi connectivity index (χ4v) is 5.35. The molecular formula is C27H31N9O2. The minimum Gasteiger partial charge on any atom is -0.324 e. The third-order valence-corrected chi connectivity index (χ3v) is 7.62. The van der Waals surface area contributed by atoms with Crippen molar-refractivity contribution in [3.63, 3.8) is 0 Å².